The summed E-state index contributed by atoms with van der Waals surface area (Å²) in [6.07, 6.45) is 5.56. The minimum Gasteiger partial charge on any atom is -0.284 e. The van der Waals surface area contributed by atoms with Crippen LogP contribution in [0.2, 0.25) is 0 Å². The molecule has 0 aromatic heterocycles. The Morgan fingerprint density at radius 1 is 1.90 bits per heavy atom. The molecule has 0 fully saturated rings. The Balaban J connectivity index is 4.10. The van der Waals surface area contributed by atoms with Crippen molar-refractivity contribution in [1.82, 2.24) is 0 Å². The summed E-state index contributed by atoms with van der Waals surface area (Å²) in [5, 5.41) is 0. The Morgan fingerprint density at radius 2 is 2.40 bits per heavy atom. The van der Waals surface area contributed by atoms with Gasteiger partial charge >= 0.3 is 11.4 Å². The maximum atomic E-state index is 10.1. The minimum atomic E-state index is -2.28. The standard InChI is InChI=1S/C6H10O3S/c1-4-6(3,5-2)9-10(7)8/h1H,5H2,2-3H3,(H,7,8). The van der Waals surface area contributed by atoms with Crippen LogP contribution in [0.5, 0.6) is 0 Å². The highest BCUT2D eigenvalue weighted by Gasteiger charge is 2.22. The Bertz CT molecular complexity index is 172. The molecule has 0 aromatic rings. The first-order valence-electron chi connectivity index (χ1n) is 2.82. The van der Waals surface area contributed by atoms with Crippen molar-refractivity contribution < 1.29 is 12.9 Å². The lowest BCUT2D eigenvalue weighted by molar-refractivity contribution is 0.151. The van der Waals surface area contributed by atoms with Crippen molar-refractivity contribution in [2.75, 3.05) is 0 Å². The van der Waals surface area contributed by atoms with E-state index in [1.54, 1.807) is 13.8 Å². The second-order valence-electron chi connectivity index (χ2n) is 2.03. The van der Waals surface area contributed by atoms with Gasteiger partial charge in [0.25, 0.3) is 0 Å². The third-order valence-corrected chi connectivity index (χ3v) is 1.75. The summed E-state index contributed by atoms with van der Waals surface area (Å²) in [6, 6.07) is 0. The largest absolute Gasteiger partial charge is 0.303 e. The normalized spacial score (nSPS) is 19.0. The summed E-state index contributed by atoms with van der Waals surface area (Å²) >= 11 is -2.28. The van der Waals surface area contributed by atoms with E-state index in [1.807, 2.05) is 0 Å². The summed E-state index contributed by atoms with van der Waals surface area (Å²) in [7, 11) is 0. The van der Waals surface area contributed by atoms with E-state index in [1.165, 1.54) is 0 Å². The average Bonchev–Trinajstić information content (AvgIpc) is 1.87. The van der Waals surface area contributed by atoms with Gasteiger partial charge in [-0.1, -0.05) is 12.8 Å². The van der Waals surface area contributed by atoms with Crippen LogP contribution < -0.4 is 0 Å². The molecule has 3 nitrogen and oxygen atoms in total. The first kappa shape index (κ1) is 9.63. The highest BCUT2D eigenvalue weighted by atomic mass is 32.2. The van der Waals surface area contributed by atoms with Gasteiger partial charge < -0.3 is 0 Å². The lowest BCUT2D eigenvalue weighted by atomic mass is 10.1. The Labute approximate surface area is 63.3 Å². The lowest BCUT2D eigenvalue weighted by Gasteiger charge is -2.17. The van der Waals surface area contributed by atoms with Crippen molar-refractivity contribution in [2.24, 2.45) is 0 Å². The van der Waals surface area contributed by atoms with Crippen molar-refractivity contribution in [1.29, 1.82) is 0 Å². The van der Waals surface area contributed by atoms with Gasteiger partial charge in [-0.25, -0.2) is 4.18 Å². The molecule has 0 aliphatic carbocycles. The SMILES string of the molecule is C#CC(C)(CC)OS(=O)O. The Morgan fingerprint density at radius 3 is 2.50 bits per heavy atom. The molecule has 0 rings (SSSR count). The third kappa shape index (κ3) is 2.97. The average molecular weight is 162 g/mol. The van der Waals surface area contributed by atoms with Crippen LogP contribution in [0.1, 0.15) is 20.3 Å². The molecule has 0 aliphatic rings. The maximum Gasteiger partial charge on any atom is 0.303 e. The van der Waals surface area contributed by atoms with Crippen LogP contribution >= 0.6 is 0 Å². The molecule has 10 heavy (non-hydrogen) atoms. The highest BCUT2D eigenvalue weighted by Crippen LogP contribution is 2.13. The topological polar surface area (TPSA) is 46.5 Å². The molecule has 0 saturated carbocycles. The van der Waals surface area contributed by atoms with Gasteiger partial charge in [-0.3, -0.25) is 4.55 Å². The summed E-state index contributed by atoms with van der Waals surface area (Å²) in [5.74, 6) is 2.28. The van der Waals surface area contributed by atoms with Gasteiger partial charge in [0, 0.05) is 0 Å². The van der Waals surface area contributed by atoms with Crippen molar-refractivity contribution in [3.05, 3.63) is 0 Å². The molecule has 4 heteroatoms. The molecule has 2 atom stereocenters. The molecule has 0 bridgehead atoms. The van der Waals surface area contributed by atoms with Crippen molar-refractivity contribution in [2.45, 2.75) is 25.9 Å². The summed E-state index contributed by atoms with van der Waals surface area (Å²) < 4.78 is 23.0. The third-order valence-electron chi connectivity index (χ3n) is 1.24. The smallest absolute Gasteiger partial charge is 0.284 e. The van der Waals surface area contributed by atoms with Crippen LogP contribution in [0.3, 0.4) is 0 Å². The van der Waals surface area contributed by atoms with E-state index in [0.717, 1.165) is 0 Å². The maximum absolute atomic E-state index is 10.1. The van der Waals surface area contributed by atoms with Gasteiger partial charge in [0.2, 0.25) is 0 Å². The number of rotatable bonds is 3. The Kier molecular flexibility index (Phi) is 3.58. The van der Waals surface area contributed by atoms with Crippen LogP contribution in [0.25, 0.3) is 0 Å². The number of hydrogen-bond donors (Lipinski definition) is 1. The highest BCUT2D eigenvalue weighted by molar-refractivity contribution is 7.74. The van der Waals surface area contributed by atoms with Gasteiger partial charge in [-0.15, -0.1) is 6.42 Å². The predicted molar refractivity (Wildman–Crippen MR) is 39.4 cm³/mol. The van der Waals surface area contributed by atoms with Crippen molar-refractivity contribution in [3.63, 3.8) is 0 Å². The molecular formula is C6H10O3S. The molecule has 0 radical (unpaired) electrons. The van der Waals surface area contributed by atoms with Gasteiger partial charge in [-0.2, -0.15) is 4.21 Å². The van der Waals surface area contributed by atoms with E-state index < -0.39 is 17.0 Å². The minimum absolute atomic E-state index is 0.510. The van der Waals surface area contributed by atoms with Gasteiger partial charge in [0.15, 0.2) is 0 Å². The molecular weight excluding hydrogens is 152 g/mol. The van der Waals surface area contributed by atoms with Gasteiger partial charge in [-0.05, 0) is 13.3 Å². The molecule has 1 N–H and O–H groups in total. The van der Waals surface area contributed by atoms with Gasteiger partial charge in [0.05, 0.1) is 0 Å². The van der Waals surface area contributed by atoms with E-state index >= 15 is 0 Å². The zero-order valence-corrected chi connectivity index (χ0v) is 6.77. The molecule has 58 valence electrons. The molecule has 0 amide bonds. The zero-order chi connectivity index (χ0) is 8.20. The fourth-order valence-corrected chi connectivity index (χ4v) is 0.823. The van der Waals surface area contributed by atoms with Crippen LogP contribution in [0, 0.1) is 12.3 Å². The van der Waals surface area contributed by atoms with Crippen LogP contribution in [0.4, 0.5) is 0 Å². The van der Waals surface area contributed by atoms with E-state index in [-0.39, 0.29) is 0 Å². The predicted octanol–water partition coefficient (Wildman–Crippen LogP) is 0.942. The number of terminal acetylenes is 1. The first-order valence-corrected chi connectivity index (χ1v) is 3.85. The lowest BCUT2D eigenvalue weighted by Crippen LogP contribution is -2.26. The van der Waals surface area contributed by atoms with E-state index in [2.05, 4.69) is 10.1 Å². The van der Waals surface area contributed by atoms with Crippen LogP contribution in [-0.2, 0) is 15.5 Å². The first-order chi connectivity index (χ1) is 4.54. The Hall–Kier alpha value is -0.370. The fourth-order valence-electron chi connectivity index (χ4n) is 0.342. The molecule has 0 aromatic carbocycles. The molecule has 0 saturated heterocycles. The quantitative estimate of drug-likeness (QED) is 0.496. The molecule has 0 aliphatic heterocycles. The van der Waals surface area contributed by atoms with Crippen LogP contribution in [-0.4, -0.2) is 14.4 Å². The summed E-state index contributed by atoms with van der Waals surface area (Å²) in [5.41, 5.74) is -0.917. The monoisotopic (exact) mass is 162 g/mol. The van der Waals surface area contributed by atoms with Gasteiger partial charge in [0.1, 0.15) is 5.60 Å². The molecule has 0 spiro atoms. The second kappa shape index (κ2) is 3.71. The van der Waals surface area contributed by atoms with Crippen molar-refractivity contribution >= 4 is 11.4 Å². The fraction of sp³-hybridized carbons (Fsp3) is 0.667. The summed E-state index contributed by atoms with van der Waals surface area (Å²) in [4.78, 5) is 0. The second-order valence-corrected chi connectivity index (χ2v) is 2.63. The van der Waals surface area contributed by atoms with E-state index in [9.17, 15) is 4.21 Å². The van der Waals surface area contributed by atoms with Crippen LogP contribution in [0.15, 0.2) is 0 Å². The zero-order valence-electron chi connectivity index (χ0n) is 5.96. The van der Waals surface area contributed by atoms with Crippen molar-refractivity contribution in [3.8, 4) is 12.3 Å². The van der Waals surface area contributed by atoms with E-state index in [4.69, 9.17) is 11.0 Å². The van der Waals surface area contributed by atoms with E-state index in [0.29, 0.717) is 6.42 Å². The number of hydrogen-bond acceptors (Lipinski definition) is 2. The summed E-state index contributed by atoms with van der Waals surface area (Å²) in [6.45, 7) is 3.37. The molecule has 0 heterocycles. The molecule has 2 unspecified atom stereocenters.